The van der Waals surface area contributed by atoms with Gasteiger partial charge >= 0.3 is 0 Å². The van der Waals surface area contributed by atoms with Crippen LogP contribution < -0.4 is 4.90 Å². The Kier molecular flexibility index (Phi) is 3.74. The summed E-state index contributed by atoms with van der Waals surface area (Å²) < 4.78 is 18.5. The second kappa shape index (κ2) is 5.27. The highest BCUT2D eigenvalue weighted by atomic mass is 19.1. The topological polar surface area (TPSA) is 29.5 Å². The van der Waals surface area contributed by atoms with E-state index in [1.165, 1.54) is 12.1 Å². The lowest BCUT2D eigenvalue weighted by Gasteiger charge is -2.24. The number of benzene rings is 1. The van der Waals surface area contributed by atoms with Gasteiger partial charge in [-0.15, -0.1) is 0 Å². The predicted octanol–water partition coefficient (Wildman–Crippen LogP) is 2.25. The van der Waals surface area contributed by atoms with Crippen LogP contribution in [0.2, 0.25) is 0 Å². The highest BCUT2D eigenvalue weighted by molar-refractivity contribution is 5.84. The van der Waals surface area contributed by atoms with E-state index < -0.39 is 0 Å². The Morgan fingerprint density at radius 3 is 3.06 bits per heavy atom. The Bertz CT molecular complexity index is 402. The van der Waals surface area contributed by atoms with Crippen molar-refractivity contribution in [3.05, 3.63) is 29.6 Å². The molecule has 17 heavy (non-hydrogen) atoms. The van der Waals surface area contributed by atoms with Crippen molar-refractivity contribution < 1.29 is 13.9 Å². The molecule has 4 heteroatoms. The fraction of sp³-hybridized carbons (Fsp3) is 0.462. The maximum Gasteiger partial charge on any atom is 0.152 e. The monoisotopic (exact) mass is 237 g/mol. The molecule has 1 fully saturated rings. The molecule has 1 aliphatic heterocycles. The van der Waals surface area contributed by atoms with E-state index in [1.807, 2.05) is 11.9 Å². The van der Waals surface area contributed by atoms with Gasteiger partial charge in [0.2, 0.25) is 0 Å². The minimum Gasteiger partial charge on any atom is -0.376 e. The third kappa shape index (κ3) is 2.82. The lowest BCUT2D eigenvalue weighted by Crippen LogP contribution is -2.29. The van der Waals surface area contributed by atoms with Crippen molar-refractivity contribution in [1.82, 2.24) is 0 Å². The molecule has 1 heterocycles. The molecule has 0 amide bonds. The molecule has 92 valence electrons. The van der Waals surface area contributed by atoms with Gasteiger partial charge in [-0.2, -0.15) is 0 Å². The number of ether oxygens (including phenoxy) is 1. The van der Waals surface area contributed by atoms with Crippen LogP contribution in [-0.2, 0) is 4.74 Å². The van der Waals surface area contributed by atoms with Crippen molar-refractivity contribution >= 4 is 12.0 Å². The van der Waals surface area contributed by atoms with E-state index in [0.29, 0.717) is 11.8 Å². The quantitative estimate of drug-likeness (QED) is 0.752. The summed E-state index contributed by atoms with van der Waals surface area (Å²) in [5.41, 5.74) is 1.13. The smallest absolute Gasteiger partial charge is 0.152 e. The zero-order chi connectivity index (χ0) is 12.3. The maximum absolute atomic E-state index is 13.0. The molecule has 1 aliphatic rings. The summed E-state index contributed by atoms with van der Waals surface area (Å²) >= 11 is 0. The molecule has 1 atom stereocenters. The molecule has 0 radical (unpaired) electrons. The second-order valence-electron chi connectivity index (χ2n) is 4.34. The normalized spacial score (nSPS) is 19.3. The van der Waals surface area contributed by atoms with Gasteiger partial charge in [0, 0.05) is 31.5 Å². The predicted molar refractivity (Wildman–Crippen MR) is 64.0 cm³/mol. The second-order valence-corrected chi connectivity index (χ2v) is 4.34. The molecule has 0 aromatic heterocycles. The van der Waals surface area contributed by atoms with E-state index in [1.54, 1.807) is 6.07 Å². The van der Waals surface area contributed by atoms with Crippen LogP contribution in [0.25, 0.3) is 0 Å². The SMILES string of the molecule is CN(CC1CCCO1)c1ccc(F)cc1C=O. The Hall–Kier alpha value is -1.42. The van der Waals surface area contributed by atoms with Gasteiger partial charge in [0.25, 0.3) is 0 Å². The Morgan fingerprint density at radius 1 is 1.59 bits per heavy atom. The van der Waals surface area contributed by atoms with Gasteiger partial charge in [-0.25, -0.2) is 4.39 Å². The zero-order valence-electron chi connectivity index (χ0n) is 9.86. The van der Waals surface area contributed by atoms with E-state index in [2.05, 4.69) is 0 Å². The first-order valence-electron chi connectivity index (χ1n) is 5.78. The maximum atomic E-state index is 13.0. The molecule has 1 aromatic carbocycles. The minimum absolute atomic E-state index is 0.213. The molecule has 0 N–H and O–H groups in total. The van der Waals surface area contributed by atoms with Crippen LogP contribution in [0.3, 0.4) is 0 Å². The lowest BCUT2D eigenvalue weighted by atomic mass is 10.1. The van der Waals surface area contributed by atoms with Crippen molar-refractivity contribution in [1.29, 1.82) is 0 Å². The van der Waals surface area contributed by atoms with Crippen molar-refractivity contribution in [2.45, 2.75) is 18.9 Å². The number of hydrogen-bond acceptors (Lipinski definition) is 3. The first-order chi connectivity index (χ1) is 8.20. The summed E-state index contributed by atoms with van der Waals surface area (Å²) in [6.07, 6.45) is 3.03. The fourth-order valence-electron chi connectivity index (χ4n) is 2.16. The van der Waals surface area contributed by atoms with Crippen molar-refractivity contribution in [2.75, 3.05) is 25.1 Å². The molecule has 3 nitrogen and oxygen atoms in total. The molecule has 0 saturated carbocycles. The van der Waals surface area contributed by atoms with E-state index in [0.717, 1.165) is 31.7 Å². The summed E-state index contributed by atoms with van der Waals surface area (Å²) in [7, 11) is 1.89. The third-order valence-electron chi connectivity index (χ3n) is 3.03. The number of hydrogen-bond donors (Lipinski definition) is 0. The van der Waals surface area contributed by atoms with Gasteiger partial charge in [0.1, 0.15) is 5.82 Å². The van der Waals surface area contributed by atoms with Crippen LogP contribution in [0.1, 0.15) is 23.2 Å². The van der Waals surface area contributed by atoms with Crippen LogP contribution in [0.5, 0.6) is 0 Å². The Labute approximate surface area is 100 Å². The lowest BCUT2D eigenvalue weighted by molar-refractivity contribution is 0.111. The van der Waals surface area contributed by atoms with Crippen LogP contribution in [0.4, 0.5) is 10.1 Å². The van der Waals surface area contributed by atoms with Crippen LogP contribution >= 0.6 is 0 Å². The number of nitrogens with zero attached hydrogens (tertiary/aromatic N) is 1. The molecule has 0 bridgehead atoms. The third-order valence-corrected chi connectivity index (χ3v) is 3.03. The average Bonchev–Trinajstić information content (AvgIpc) is 2.81. The van der Waals surface area contributed by atoms with Gasteiger partial charge in [-0.3, -0.25) is 4.79 Å². The molecular formula is C13H16FNO2. The molecule has 2 rings (SSSR count). The number of carbonyl (C=O) groups excluding carboxylic acids is 1. The first kappa shape index (κ1) is 12.0. The summed E-state index contributed by atoms with van der Waals surface area (Å²) in [6, 6.07) is 4.26. The first-order valence-corrected chi connectivity index (χ1v) is 5.78. The zero-order valence-corrected chi connectivity index (χ0v) is 9.86. The molecule has 1 unspecified atom stereocenters. The van der Waals surface area contributed by atoms with Gasteiger partial charge in [0.15, 0.2) is 6.29 Å². The molecule has 1 saturated heterocycles. The number of likely N-dealkylation sites (N-methyl/N-ethyl adjacent to an activating group) is 1. The number of rotatable bonds is 4. The average molecular weight is 237 g/mol. The van der Waals surface area contributed by atoms with E-state index in [9.17, 15) is 9.18 Å². The highest BCUT2D eigenvalue weighted by Gasteiger charge is 2.18. The summed E-state index contributed by atoms with van der Waals surface area (Å²) in [5, 5.41) is 0. The van der Waals surface area contributed by atoms with Crippen molar-refractivity contribution in [3.8, 4) is 0 Å². The molecule has 0 spiro atoms. The van der Waals surface area contributed by atoms with Crippen LogP contribution in [0.15, 0.2) is 18.2 Å². The number of anilines is 1. The minimum atomic E-state index is -0.388. The molecule has 1 aromatic rings. The van der Waals surface area contributed by atoms with Gasteiger partial charge in [-0.1, -0.05) is 0 Å². The van der Waals surface area contributed by atoms with Crippen molar-refractivity contribution in [2.24, 2.45) is 0 Å². The van der Waals surface area contributed by atoms with Crippen LogP contribution in [0, 0.1) is 5.82 Å². The fourth-order valence-corrected chi connectivity index (χ4v) is 2.16. The van der Waals surface area contributed by atoms with Gasteiger partial charge in [-0.05, 0) is 31.0 Å². The van der Waals surface area contributed by atoms with Crippen LogP contribution in [-0.4, -0.2) is 32.6 Å². The molecule has 0 aliphatic carbocycles. The van der Waals surface area contributed by atoms with Gasteiger partial charge < -0.3 is 9.64 Å². The van der Waals surface area contributed by atoms with E-state index in [-0.39, 0.29) is 11.9 Å². The Balaban J connectivity index is 2.11. The summed E-state index contributed by atoms with van der Waals surface area (Å²) in [4.78, 5) is 12.8. The molecular weight excluding hydrogens is 221 g/mol. The summed E-state index contributed by atoms with van der Waals surface area (Å²) in [5.74, 6) is -0.388. The van der Waals surface area contributed by atoms with Crippen molar-refractivity contribution in [3.63, 3.8) is 0 Å². The number of halogens is 1. The Morgan fingerprint density at radius 2 is 2.41 bits per heavy atom. The standard InChI is InChI=1S/C13H16FNO2/c1-15(8-12-3-2-6-17-12)13-5-4-11(14)7-10(13)9-16/h4-5,7,9,12H,2-3,6,8H2,1H3. The highest BCUT2D eigenvalue weighted by Crippen LogP contribution is 2.21. The van der Waals surface area contributed by atoms with Gasteiger partial charge in [0.05, 0.1) is 6.10 Å². The van der Waals surface area contributed by atoms with E-state index in [4.69, 9.17) is 4.74 Å². The largest absolute Gasteiger partial charge is 0.376 e. The van der Waals surface area contributed by atoms with E-state index >= 15 is 0 Å². The summed E-state index contributed by atoms with van der Waals surface area (Å²) in [6.45, 7) is 1.54. The number of aldehydes is 1. The number of carbonyl (C=O) groups is 1.